The second-order valence-electron chi connectivity index (χ2n) is 4.09. The van der Waals surface area contributed by atoms with Crippen LogP contribution >= 0.6 is 23.2 Å². The van der Waals surface area contributed by atoms with Gasteiger partial charge in [0.25, 0.3) is 0 Å². The molecule has 2 rings (SSSR count). The molecule has 0 saturated heterocycles. The van der Waals surface area contributed by atoms with Crippen molar-refractivity contribution < 1.29 is 4.42 Å². The van der Waals surface area contributed by atoms with Crippen LogP contribution < -0.4 is 5.32 Å². The van der Waals surface area contributed by atoms with Crippen LogP contribution in [0.5, 0.6) is 0 Å². The van der Waals surface area contributed by atoms with E-state index in [2.05, 4.69) is 12.2 Å². The van der Waals surface area contributed by atoms with Gasteiger partial charge in [0.05, 0.1) is 12.3 Å². The molecular formula is C14H15Cl2NO. The fourth-order valence-corrected chi connectivity index (χ4v) is 2.21. The van der Waals surface area contributed by atoms with Crippen molar-refractivity contribution in [2.24, 2.45) is 0 Å². The van der Waals surface area contributed by atoms with Crippen LogP contribution in [0.4, 0.5) is 0 Å². The van der Waals surface area contributed by atoms with Gasteiger partial charge in [-0.15, -0.1) is 0 Å². The maximum absolute atomic E-state index is 6.06. The molecule has 0 radical (unpaired) electrons. The van der Waals surface area contributed by atoms with Crippen LogP contribution in [0.15, 0.2) is 41.0 Å². The average molecular weight is 284 g/mol. The van der Waals surface area contributed by atoms with Gasteiger partial charge in [0.15, 0.2) is 5.22 Å². The van der Waals surface area contributed by atoms with Crippen LogP contribution in [0.1, 0.15) is 30.5 Å². The number of hydrogen-bond acceptors (Lipinski definition) is 2. The molecule has 1 N–H and O–H groups in total. The van der Waals surface area contributed by atoms with Gasteiger partial charge >= 0.3 is 0 Å². The Morgan fingerprint density at radius 3 is 2.44 bits per heavy atom. The fourth-order valence-electron chi connectivity index (χ4n) is 1.86. The van der Waals surface area contributed by atoms with Crippen LogP contribution in [0.3, 0.4) is 0 Å². The minimum Gasteiger partial charge on any atom is -0.453 e. The second kappa shape index (κ2) is 6.28. The van der Waals surface area contributed by atoms with Crippen molar-refractivity contribution in [2.45, 2.75) is 19.4 Å². The van der Waals surface area contributed by atoms with Gasteiger partial charge in [0.2, 0.25) is 0 Å². The van der Waals surface area contributed by atoms with Gasteiger partial charge in [-0.3, -0.25) is 0 Å². The summed E-state index contributed by atoms with van der Waals surface area (Å²) < 4.78 is 5.17. The molecule has 1 aromatic carbocycles. The Morgan fingerprint density at radius 1 is 1.17 bits per heavy atom. The van der Waals surface area contributed by atoms with E-state index in [1.807, 2.05) is 30.3 Å². The van der Waals surface area contributed by atoms with Gasteiger partial charge < -0.3 is 9.73 Å². The third kappa shape index (κ3) is 3.08. The summed E-state index contributed by atoms with van der Waals surface area (Å²) in [6.45, 7) is 3.04. The molecule has 0 bridgehead atoms. The van der Waals surface area contributed by atoms with E-state index in [1.165, 1.54) is 0 Å². The fraction of sp³-hybridized carbons (Fsp3) is 0.286. The van der Waals surface area contributed by atoms with Crippen molar-refractivity contribution in [1.82, 2.24) is 5.32 Å². The summed E-state index contributed by atoms with van der Waals surface area (Å²) in [7, 11) is 0. The lowest BCUT2D eigenvalue weighted by atomic mass is 10.0. The summed E-state index contributed by atoms with van der Waals surface area (Å²) in [4.78, 5) is 0. The average Bonchev–Trinajstić information content (AvgIpc) is 2.78. The van der Waals surface area contributed by atoms with Crippen LogP contribution in [0.2, 0.25) is 10.2 Å². The number of nitrogens with one attached hydrogen (secondary N) is 1. The quantitative estimate of drug-likeness (QED) is 0.862. The van der Waals surface area contributed by atoms with Crippen LogP contribution in [0.25, 0.3) is 0 Å². The zero-order chi connectivity index (χ0) is 13.0. The number of halogens is 2. The zero-order valence-electron chi connectivity index (χ0n) is 10.1. The summed E-state index contributed by atoms with van der Waals surface area (Å²) in [6.07, 6.45) is 2.66. The molecule has 0 aliphatic heterocycles. The van der Waals surface area contributed by atoms with Crippen molar-refractivity contribution in [3.05, 3.63) is 58.0 Å². The Kier molecular flexibility index (Phi) is 4.70. The molecule has 0 spiro atoms. The third-order valence-corrected chi connectivity index (χ3v) is 3.32. The molecule has 18 heavy (non-hydrogen) atoms. The topological polar surface area (TPSA) is 25.2 Å². The molecule has 1 unspecified atom stereocenters. The summed E-state index contributed by atoms with van der Waals surface area (Å²) in [5.41, 5.74) is 2.07. The Balaban J connectivity index is 2.30. The van der Waals surface area contributed by atoms with Crippen molar-refractivity contribution in [3.8, 4) is 0 Å². The molecule has 0 amide bonds. The van der Waals surface area contributed by atoms with Gasteiger partial charge in [-0.05, 0) is 48.3 Å². The highest BCUT2D eigenvalue weighted by atomic mass is 35.5. The first-order valence-corrected chi connectivity index (χ1v) is 6.69. The molecule has 4 heteroatoms. The monoisotopic (exact) mass is 283 g/mol. The number of furan rings is 1. The van der Waals surface area contributed by atoms with Crippen LogP contribution in [-0.4, -0.2) is 6.54 Å². The lowest BCUT2D eigenvalue weighted by Gasteiger charge is -2.18. The van der Waals surface area contributed by atoms with E-state index >= 15 is 0 Å². The number of rotatable bonds is 5. The number of benzene rings is 1. The van der Waals surface area contributed by atoms with E-state index < -0.39 is 0 Å². The van der Waals surface area contributed by atoms with E-state index in [0.29, 0.717) is 5.22 Å². The lowest BCUT2D eigenvalue weighted by Crippen LogP contribution is -2.23. The summed E-state index contributed by atoms with van der Waals surface area (Å²) in [5.74, 6) is 0. The third-order valence-electron chi connectivity index (χ3n) is 2.76. The van der Waals surface area contributed by atoms with E-state index in [4.69, 9.17) is 27.6 Å². The second-order valence-corrected chi connectivity index (χ2v) is 4.87. The zero-order valence-corrected chi connectivity index (χ0v) is 11.6. The van der Waals surface area contributed by atoms with E-state index in [0.717, 1.165) is 29.1 Å². The molecule has 1 aromatic heterocycles. The lowest BCUT2D eigenvalue weighted by molar-refractivity contribution is 0.550. The molecule has 2 nitrogen and oxygen atoms in total. The predicted octanol–water partition coefficient (Wildman–Crippen LogP) is 4.68. The maximum atomic E-state index is 6.06. The van der Waals surface area contributed by atoms with Crippen LogP contribution in [0, 0.1) is 0 Å². The first kappa shape index (κ1) is 13.5. The molecule has 0 saturated carbocycles. The highest BCUT2D eigenvalue weighted by Crippen LogP contribution is 2.29. The molecule has 1 heterocycles. The van der Waals surface area contributed by atoms with E-state index in [-0.39, 0.29) is 6.04 Å². The van der Waals surface area contributed by atoms with Crippen molar-refractivity contribution in [3.63, 3.8) is 0 Å². The van der Waals surface area contributed by atoms with Gasteiger partial charge in [0.1, 0.15) is 0 Å². The Hall–Kier alpha value is -0.960. The Bertz CT molecular complexity index is 493. The molecule has 2 aromatic rings. The van der Waals surface area contributed by atoms with E-state index in [9.17, 15) is 0 Å². The first-order chi connectivity index (χ1) is 8.72. The van der Waals surface area contributed by atoms with Crippen molar-refractivity contribution in [1.29, 1.82) is 0 Å². The summed E-state index contributed by atoms with van der Waals surface area (Å²) in [5, 5.41) is 4.62. The minimum absolute atomic E-state index is 0.0356. The standard InChI is InChI=1S/C14H15Cl2NO/c1-2-8-17-13(12-7-9-18-14(12)16)10-3-5-11(15)6-4-10/h3-7,9,13,17H,2,8H2,1H3. The Labute approximate surface area is 117 Å². The van der Waals surface area contributed by atoms with Gasteiger partial charge in [-0.25, -0.2) is 0 Å². The smallest absolute Gasteiger partial charge is 0.198 e. The minimum atomic E-state index is 0.0356. The first-order valence-electron chi connectivity index (χ1n) is 5.94. The van der Waals surface area contributed by atoms with Crippen LogP contribution in [-0.2, 0) is 0 Å². The molecule has 96 valence electrons. The van der Waals surface area contributed by atoms with Gasteiger partial charge in [-0.2, -0.15) is 0 Å². The van der Waals surface area contributed by atoms with Gasteiger partial charge in [0, 0.05) is 10.6 Å². The summed E-state index contributed by atoms with van der Waals surface area (Å²) >= 11 is 12.0. The predicted molar refractivity (Wildman–Crippen MR) is 75.3 cm³/mol. The highest BCUT2D eigenvalue weighted by molar-refractivity contribution is 6.30. The molecule has 1 atom stereocenters. The van der Waals surface area contributed by atoms with E-state index in [1.54, 1.807) is 6.26 Å². The number of hydrogen-bond donors (Lipinski definition) is 1. The molecule has 0 fully saturated rings. The SMILES string of the molecule is CCCNC(c1ccc(Cl)cc1)c1ccoc1Cl. The normalized spacial score (nSPS) is 12.6. The Morgan fingerprint density at radius 2 is 1.89 bits per heavy atom. The van der Waals surface area contributed by atoms with Gasteiger partial charge in [-0.1, -0.05) is 30.7 Å². The molecule has 0 aliphatic rings. The maximum Gasteiger partial charge on any atom is 0.198 e. The van der Waals surface area contributed by atoms with Crippen molar-refractivity contribution >= 4 is 23.2 Å². The van der Waals surface area contributed by atoms with Crippen molar-refractivity contribution in [2.75, 3.05) is 6.54 Å². The largest absolute Gasteiger partial charge is 0.453 e. The summed E-state index contributed by atoms with van der Waals surface area (Å²) in [6, 6.07) is 9.69. The molecule has 0 aliphatic carbocycles. The molecular weight excluding hydrogens is 269 g/mol. The highest BCUT2D eigenvalue weighted by Gasteiger charge is 2.18.